The summed E-state index contributed by atoms with van der Waals surface area (Å²) in [7, 11) is 4.53. The smallest absolute Gasteiger partial charge is 0.0214 e. The van der Waals surface area contributed by atoms with E-state index in [1.54, 1.807) is 0 Å². The fourth-order valence-electron chi connectivity index (χ4n) is 2.93. The van der Waals surface area contributed by atoms with Crippen LogP contribution >= 0.6 is 11.8 Å². The Morgan fingerprint density at radius 3 is 1.91 bits per heavy atom. The molecule has 1 atom stereocenters. The predicted molar refractivity (Wildman–Crippen MR) is 114 cm³/mol. The summed E-state index contributed by atoms with van der Waals surface area (Å²) in [5, 5.41) is 2.96. The summed E-state index contributed by atoms with van der Waals surface area (Å²) >= 11 is 1.98. The second kappa shape index (κ2) is 18.1. The third kappa shape index (κ3) is 11.9. The third-order valence-electron chi connectivity index (χ3n) is 4.27. The molecule has 0 aromatic rings. The van der Waals surface area contributed by atoms with Crippen LogP contribution in [0.25, 0.3) is 0 Å². The van der Waals surface area contributed by atoms with E-state index in [2.05, 4.69) is 64.4 Å². The summed E-state index contributed by atoms with van der Waals surface area (Å²) in [6.07, 6.45) is 9.02. The molecule has 0 saturated heterocycles. The highest BCUT2D eigenvalue weighted by molar-refractivity contribution is 8.02. The number of thioether (sulfide) groups is 1. The first-order chi connectivity index (χ1) is 11.0. The zero-order chi connectivity index (χ0) is 18.9. The van der Waals surface area contributed by atoms with Gasteiger partial charge in [0.25, 0.3) is 0 Å². The SMILES string of the molecule is C/C=C\SC(C)CC1(N(C)C)CCC(C)CC1.C=C.CC.CC. The van der Waals surface area contributed by atoms with Crippen LogP contribution < -0.4 is 0 Å². The van der Waals surface area contributed by atoms with Crippen LogP contribution in [-0.2, 0) is 0 Å². The summed E-state index contributed by atoms with van der Waals surface area (Å²) in [5.41, 5.74) is 0.459. The number of hydrogen-bond donors (Lipinski definition) is 0. The molecule has 140 valence electrons. The lowest BCUT2D eigenvalue weighted by molar-refractivity contribution is 0.0748. The van der Waals surface area contributed by atoms with Crippen LogP contribution in [0.1, 0.15) is 80.6 Å². The highest BCUT2D eigenvalue weighted by atomic mass is 32.2. The second-order valence-electron chi connectivity index (χ2n) is 5.92. The number of nitrogens with zero attached hydrogens (tertiary/aromatic N) is 1. The Morgan fingerprint density at radius 2 is 1.57 bits per heavy atom. The predicted octanol–water partition coefficient (Wildman–Crippen LogP) is 7.40. The molecule has 0 aromatic heterocycles. The molecule has 0 heterocycles. The Balaban J connectivity index is -0.000000595. The molecule has 0 aromatic carbocycles. The van der Waals surface area contributed by atoms with E-state index < -0.39 is 0 Å². The van der Waals surface area contributed by atoms with Gasteiger partial charge in [0, 0.05) is 10.8 Å². The van der Waals surface area contributed by atoms with Gasteiger partial charge < -0.3 is 4.90 Å². The lowest BCUT2D eigenvalue weighted by Crippen LogP contribution is -2.48. The maximum absolute atomic E-state index is 3.00. The molecule has 0 aliphatic heterocycles. The average molecular weight is 344 g/mol. The molecule has 1 aliphatic rings. The van der Waals surface area contributed by atoms with E-state index in [1.165, 1.54) is 32.1 Å². The van der Waals surface area contributed by atoms with Crippen molar-refractivity contribution in [1.29, 1.82) is 0 Å². The molecule has 0 amide bonds. The first-order valence-electron chi connectivity index (χ1n) is 9.44. The van der Waals surface area contributed by atoms with Gasteiger partial charge in [0.05, 0.1) is 0 Å². The van der Waals surface area contributed by atoms with Crippen LogP contribution in [-0.4, -0.2) is 29.8 Å². The highest BCUT2D eigenvalue weighted by Crippen LogP contribution is 2.40. The van der Waals surface area contributed by atoms with Gasteiger partial charge in [0.15, 0.2) is 0 Å². The maximum Gasteiger partial charge on any atom is 0.0214 e. The van der Waals surface area contributed by atoms with E-state index in [0.29, 0.717) is 5.54 Å². The maximum atomic E-state index is 3.00. The fraction of sp³-hybridized carbons (Fsp3) is 0.810. The minimum atomic E-state index is 0.459. The molecule has 1 fully saturated rings. The van der Waals surface area contributed by atoms with Crippen LogP contribution in [0.5, 0.6) is 0 Å². The molecule has 0 bridgehead atoms. The molecule has 0 N–H and O–H groups in total. The minimum absolute atomic E-state index is 0.459. The molecule has 2 heteroatoms. The van der Waals surface area contributed by atoms with E-state index in [4.69, 9.17) is 0 Å². The Bertz CT molecular complexity index is 253. The van der Waals surface area contributed by atoms with E-state index in [-0.39, 0.29) is 0 Å². The van der Waals surface area contributed by atoms with Gasteiger partial charge >= 0.3 is 0 Å². The zero-order valence-corrected chi connectivity index (χ0v) is 18.4. The van der Waals surface area contributed by atoms with Crippen molar-refractivity contribution >= 4 is 11.8 Å². The Morgan fingerprint density at radius 1 is 1.13 bits per heavy atom. The summed E-state index contributed by atoms with van der Waals surface area (Å²) < 4.78 is 0. The summed E-state index contributed by atoms with van der Waals surface area (Å²) in [4.78, 5) is 2.49. The zero-order valence-electron chi connectivity index (χ0n) is 17.6. The van der Waals surface area contributed by atoms with Gasteiger partial charge in [-0.1, -0.05) is 47.6 Å². The van der Waals surface area contributed by atoms with Gasteiger partial charge in [0.1, 0.15) is 0 Å². The molecule has 1 saturated carbocycles. The van der Waals surface area contributed by atoms with Gasteiger partial charge in [-0.3, -0.25) is 0 Å². The summed E-state index contributed by atoms with van der Waals surface area (Å²) in [6, 6.07) is 0. The van der Waals surface area contributed by atoms with Crippen LogP contribution in [0.15, 0.2) is 24.6 Å². The summed E-state index contributed by atoms with van der Waals surface area (Å²) in [6.45, 7) is 20.9. The van der Waals surface area contributed by atoms with Gasteiger partial charge in [-0.25, -0.2) is 0 Å². The van der Waals surface area contributed by atoms with E-state index in [9.17, 15) is 0 Å². The molecule has 1 unspecified atom stereocenters. The molecule has 1 aliphatic carbocycles. The van der Waals surface area contributed by atoms with Gasteiger partial charge in [-0.15, -0.1) is 24.9 Å². The molecular formula is C21H45NS. The van der Waals surface area contributed by atoms with Crippen LogP contribution in [0.2, 0.25) is 0 Å². The first kappa shape index (κ1) is 27.6. The molecule has 23 heavy (non-hydrogen) atoms. The van der Waals surface area contributed by atoms with Crippen molar-refractivity contribution in [2.24, 2.45) is 5.92 Å². The first-order valence-corrected chi connectivity index (χ1v) is 10.4. The molecule has 1 nitrogen and oxygen atoms in total. The monoisotopic (exact) mass is 343 g/mol. The van der Waals surface area contributed by atoms with Crippen molar-refractivity contribution in [2.45, 2.75) is 91.4 Å². The Labute approximate surface area is 153 Å². The number of hydrogen-bond acceptors (Lipinski definition) is 2. The van der Waals surface area contributed by atoms with E-state index in [0.717, 1.165) is 11.2 Å². The second-order valence-corrected chi connectivity index (χ2v) is 7.27. The lowest BCUT2D eigenvalue weighted by Gasteiger charge is -2.46. The normalized spacial score (nSPS) is 24.5. The average Bonchev–Trinajstić information content (AvgIpc) is 2.60. The third-order valence-corrected chi connectivity index (χ3v) is 5.33. The van der Waals surface area contributed by atoms with E-state index in [1.807, 2.05) is 39.5 Å². The quantitative estimate of drug-likeness (QED) is 0.478. The molecule has 1 rings (SSSR count). The van der Waals surface area contributed by atoms with E-state index >= 15 is 0 Å². The highest BCUT2D eigenvalue weighted by Gasteiger charge is 2.37. The molecular weight excluding hydrogens is 298 g/mol. The van der Waals surface area contributed by atoms with Crippen LogP contribution in [0.4, 0.5) is 0 Å². The topological polar surface area (TPSA) is 3.24 Å². The molecule has 0 spiro atoms. The van der Waals surface area contributed by atoms with Gasteiger partial charge in [0.2, 0.25) is 0 Å². The number of rotatable bonds is 5. The Kier molecular flexibility index (Phi) is 21.8. The van der Waals surface area contributed by atoms with Crippen LogP contribution in [0, 0.1) is 5.92 Å². The molecule has 0 radical (unpaired) electrons. The van der Waals surface area contributed by atoms with Crippen molar-refractivity contribution in [1.82, 2.24) is 4.90 Å². The van der Waals surface area contributed by atoms with Gasteiger partial charge in [-0.05, 0) is 64.4 Å². The van der Waals surface area contributed by atoms with Crippen molar-refractivity contribution in [2.75, 3.05) is 14.1 Å². The Hall–Kier alpha value is -0.210. The van der Waals surface area contributed by atoms with Gasteiger partial charge in [-0.2, -0.15) is 0 Å². The number of allylic oxidation sites excluding steroid dienone is 1. The largest absolute Gasteiger partial charge is 0.304 e. The minimum Gasteiger partial charge on any atom is -0.304 e. The van der Waals surface area contributed by atoms with Crippen molar-refractivity contribution in [3.63, 3.8) is 0 Å². The lowest BCUT2D eigenvalue weighted by atomic mass is 9.74. The van der Waals surface area contributed by atoms with Crippen molar-refractivity contribution in [3.05, 3.63) is 24.6 Å². The summed E-state index contributed by atoms with van der Waals surface area (Å²) in [5.74, 6) is 0.932. The fourth-order valence-corrected chi connectivity index (χ4v) is 3.76. The standard InChI is InChI=1S/C15H29NS.2C2H6.C2H4/c1-6-11-17-14(3)12-15(16(4)5)9-7-13(2)8-10-15;3*1-2/h6,11,13-14H,7-10,12H2,1-5H3;2*1-2H3;1-2H2/b11-6-;;;. The van der Waals surface area contributed by atoms with Crippen molar-refractivity contribution < 1.29 is 0 Å². The van der Waals surface area contributed by atoms with Crippen LogP contribution in [0.3, 0.4) is 0 Å². The van der Waals surface area contributed by atoms with Crippen molar-refractivity contribution in [3.8, 4) is 0 Å².